The number of halogens is 3. The second-order valence-electron chi connectivity index (χ2n) is 10.6. The van der Waals surface area contributed by atoms with E-state index in [2.05, 4.69) is 29.2 Å². The van der Waals surface area contributed by atoms with E-state index in [-0.39, 0.29) is 11.3 Å². The summed E-state index contributed by atoms with van der Waals surface area (Å²) in [5.41, 5.74) is 9.40. The Morgan fingerprint density at radius 2 is 1.78 bits per heavy atom. The Morgan fingerprint density at radius 1 is 1.10 bits per heavy atom. The lowest BCUT2D eigenvalue weighted by Crippen LogP contribution is -2.49. The third-order valence-corrected chi connectivity index (χ3v) is 7.49. The molecule has 1 fully saturated rings. The highest BCUT2D eigenvalue weighted by Crippen LogP contribution is 2.35. The molecule has 0 unspecified atom stereocenters. The molecule has 0 bridgehead atoms. The fraction of sp³-hybridized carbons (Fsp3) is 0.379. The second-order valence-corrected chi connectivity index (χ2v) is 10.6. The summed E-state index contributed by atoms with van der Waals surface area (Å²) in [5, 5.41) is 8.15. The number of nitrogens with zero attached hydrogens (tertiary/aromatic N) is 5. The molecule has 220 valence electrons. The van der Waals surface area contributed by atoms with Crippen molar-refractivity contribution < 1.29 is 18.0 Å². The Balaban J connectivity index is 1.58. The Labute approximate surface area is 238 Å². The Hall–Kier alpha value is -4.03. The zero-order chi connectivity index (χ0) is 30.1. The van der Waals surface area contributed by atoms with Crippen LogP contribution in [0, 0.1) is 13.8 Å². The van der Waals surface area contributed by atoms with Gasteiger partial charge in [-0.3, -0.25) is 19.4 Å². The van der Waals surface area contributed by atoms with Gasteiger partial charge in [-0.1, -0.05) is 6.07 Å². The van der Waals surface area contributed by atoms with Crippen LogP contribution in [0.15, 0.2) is 48.8 Å². The van der Waals surface area contributed by atoms with Crippen LogP contribution in [0.1, 0.15) is 46.6 Å². The first kappa shape index (κ1) is 29.9. The predicted octanol–water partition coefficient (Wildman–Crippen LogP) is 4.48. The summed E-state index contributed by atoms with van der Waals surface area (Å²) in [7, 11) is 1.80. The van der Waals surface area contributed by atoms with E-state index in [1.54, 1.807) is 42.2 Å². The molecule has 1 aliphatic rings. The largest absolute Gasteiger partial charge is 0.416 e. The normalized spacial score (nSPS) is 15.0. The lowest BCUT2D eigenvalue weighted by atomic mass is 10.1. The highest BCUT2D eigenvalue weighted by atomic mass is 19.4. The number of nitrogens with one attached hydrogen (secondary N) is 1. The summed E-state index contributed by atoms with van der Waals surface area (Å²) in [4.78, 5) is 17.4. The molecular weight excluding hydrogens is 533 g/mol. The van der Waals surface area contributed by atoms with E-state index in [9.17, 15) is 18.0 Å². The third kappa shape index (κ3) is 6.83. The van der Waals surface area contributed by atoms with Crippen molar-refractivity contribution in [1.82, 2.24) is 14.7 Å². The number of alkyl halides is 3. The van der Waals surface area contributed by atoms with Crippen molar-refractivity contribution in [2.45, 2.75) is 39.9 Å². The molecule has 0 radical (unpaired) electrons. The minimum Gasteiger partial charge on any atom is -0.397 e. The number of hydrogen-bond donors (Lipinski definition) is 3. The van der Waals surface area contributed by atoms with Crippen LogP contribution < -0.4 is 26.8 Å². The lowest BCUT2D eigenvalue weighted by molar-refractivity contribution is -0.137. The molecule has 0 saturated carbocycles. The van der Waals surface area contributed by atoms with Gasteiger partial charge in [-0.05, 0) is 63.6 Å². The first-order valence-electron chi connectivity index (χ1n) is 13.4. The Kier molecular flexibility index (Phi) is 8.64. The summed E-state index contributed by atoms with van der Waals surface area (Å²) in [6.07, 6.45) is -1.39. The fourth-order valence-corrected chi connectivity index (χ4v) is 4.83. The van der Waals surface area contributed by atoms with Crippen LogP contribution in [0.5, 0.6) is 0 Å². The highest BCUT2D eigenvalue weighted by molar-refractivity contribution is 6.05. The van der Waals surface area contributed by atoms with Gasteiger partial charge in [0.2, 0.25) is 0 Å². The molecule has 1 aliphatic heterocycles. The van der Waals surface area contributed by atoms with Crippen LogP contribution >= 0.6 is 0 Å². The van der Waals surface area contributed by atoms with Crippen molar-refractivity contribution in [1.29, 1.82) is 0 Å². The number of aromatic nitrogens is 2. The summed E-state index contributed by atoms with van der Waals surface area (Å²) < 4.78 is 43.1. The van der Waals surface area contributed by atoms with Gasteiger partial charge in [0.05, 0.1) is 23.1 Å². The zero-order valence-electron chi connectivity index (χ0n) is 24.0. The summed E-state index contributed by atoms with van der Waals surface area (Å²) >= 11 is 0. The number of carbonyl (C=O) groups excluding carboxylic acids is 1. The van der Waals surface area contributed by atoms with E-state index < -0.39 is 17.6 Å². The van der Waals surface area contributed by atoms with Gasteiger partial charge in [-0.2, -0.15) is 18.3 Å². The molecule has 9 nitrogen and oxygen atoms in total. The van der Waals surface area contributed by atoms with E-state index in [4.69, 9.17) is 11.6 Å². The molecule has 0 atom stereocenters. The van der Waals surface area contributed by atoms with Crippen LogP contribution in [0.3, 0.4) is 0 Å². The fourth-order valence-electron chi connectivity index (χ4n) is 4.83. The van der Waals surface area contributed by atoms with Crippen molar-refractivity contribution in [3.8, 4) is 0 Å². The van der Waals surface area contributed by atoms with Gasteiger partial charge < -0.3 is 16.0 Å². The van der Waals surface area contributed by atoms with Crippen molar-refractivity contribution in [3.05, 3.63) is 76.7 Å². The highest BCUT2D eigenvalue weighted by Gasteiger charge is 2.32. The van der Waals surface area contributed by atoms with Crippen molar-refractivity contribution in [2.75, 3.05) is 41.4 Å². The second kappa shape index (κ2) is 11.8. The number of piperazine rings is 1. The molecule has 4 rings (SSSR count). The molecule has 0 aliphatic carbocycles. The van der Waals surface area contributed by atoms with Gasteiger partial charge >= 0.3 is 6.18 Å². The van der Waals surface area contributed by atoms with Crippen molar-refractivity contribution >= 4 is 28.7 Å². The van der Waals surface area contributed by atoms with Gasteiger partial charge in [0, 0.05) is 73.7 Å². The number of amides is 1. The molecule has 5 N–H and O–H groups in total. The number of nitrogens with two attached hydrogens (primary N) is 2. The van der Waals surface area contributed by atoms with Crippen LogP contribution in [-0.2, 0) is 13.2 Å². The van der Waals surface area contributed by atoms with E-state index in [0.29, 0.717) is 36.2 Å². The monoisotopic (exact) mass is 570 g/mol. The van der Waals surface area contributed by atoms with Crippen LogP contribution in [0.25, 0.3) is 5.70 Å². The molecule has 41 heavy (non-hydrogen) atoms. The molecule has 1 saturated heterocycles. The molecular formula is C29H37F3N8O. The molecule has 3 aromatic rings. The van der Waals surface area contributed by atoms with Crippen molar-refractivity contribution in [3.63, 3.8) is 0 Å². The average molecular weight is 571 g/mol. The number of aryl methyl sites for hydroxylation is 2. The van der Waals surface area contributed by atoms with Crippen LogP contribution in [-0.4, -0.2) is 52.8 Å². The maximum absolute atomic E-state index is 13.8. The number of hydrogen-bond acceptors (Lipinski definition) is 7. The number of hydrazine groups is 1. The third-order valence-electron chi connectivity index (χ3n) is 7.49. The molecule has 2 aromatic carbocycles. The Morgan fingerprint density at radius 3 is 2.37 bits per heavy atom. The Bertz CT molecular complexity index is 1440. The van der Waals surface area contributed by atoms with Gasteiger partial charge in [0.25, 0.3) is 5.91 Å². The van der Waals surface area contributed by atoms with Gasteiger partial charge in [0.1, 0.15) is 0 Å². The van der Waals surface area contributed by atoms with Crippen LogP contribution in [0.4, 0.5) is 30.2 Å². The molecule has 0 spiro atoms. The van der Waals surface area contributed by atoms with E-state index >= 15 is 0 Å². The summed E-state index contributed by atoms with van der Waals surface area (Å²) in [6, 6.07) is 8.93. The topological polar surface area (TPSA) is 109 Å². The lowest BCUT2D eigenvalue weighted by Gasteiger charge is -2.38. The first-order valence-corrected chi connectivity index (χ1v) is 13.4. The number of carbonyl (C=O) groups is 1. The van der Waals surface area contributed by atoms with Crippen molar-refractivity contribution in [2.24, 2.45) is 18.6 Å². The maximum atomic E-state index is 13.8. The van der Waals surface area contributed by atoms with E-state index in [0.717, 1.165) is 42.0 Å². The van der Waals surface area contributed by atoms with E-state index in [1.165, 1.54) is 11.2 Å². The maximum Gasteiger partial charge on any atom is 0.416 e. The molecule has 12 heteroatoms. The van der Waals surface area contributed by atoms with Gasteiger partial charge in [-0.15, -0.1) is 0 Å². The standard InChI is InChI=1S/C29H37F3N8O/c1-18(2)38-8-10-39(11-9-38)24-14-22(29(30,31)32)13-23(15-24)36-28(41)21-7-6-19(3)27(12-21)40(34)17-26(33)25-16-35-37(5)20(25)4/h6-7,12-18H,8-11,33-34H2,1-5H3,(H,36,41)/b26-17-. The predicted molar refractivity (Wildman–Crippen MR) is 156 cm³/mol. The first-order chi connectivity index (χ1) is 19.2. The minimum absolute atomic E-state index is 0.0639. The summed E-state index contributed by atoms with van der Waals surface area (Å²) in [5.74, 6) is 5.73. The smallest absolute Gasteiger partial charge is 0.397 e. The van der Waals surface area contributed by atoms with Gasteiger partial charge in [0.15, 0.2) is 0 Å². The summed E-state index contributed by atoms with van der Waals surface area (Å²) in [6.45, 7) is 10.6. The zero-order valence-corrected chi connectivity index (χ0v) is 24.0. The SMILES string of the molecule is Cc1ccc(C(=O)Nc2cc(N3CCN(C(C)C)CC3)cc(C(F)(F)F)c2)cc1N(N)/C=C(\N)c1cnn(C)c1C. The minimum atomic E-state index is -4.56. The number of rotatable bonds is 7. The van der Waals surface area contributed by atoms with Crippen LogP contribution in [0.2, 0.25) is 0 Å². The van der Waals surface area contributed by atoms with Gasteiger partial charge in [-0.25, -0.2) is 5.84 Å². The number of benzene rings is 2. The molecule has 1 aromatic heterocycles. The quantitative estimate of drug-likeness (QED) is 0.284. The average Bonchev–Trinajstić information content (AvgIpc) is 3.26. The molecule has 1 amide bonds. The number of anilines is 3. The molecule has 2 heterocycles. The van der Waals surface area contributed by atoms with E-state index in [1.807, 2.05) is 18.7 Å².